The summed E-state index contributed by atoms with van der Waals surface area (Å²) in [5.41, 5.74) is 2.31. The van der Waals surface area contributed by atoms with E-state index in [1.54, 1.807) is 11.3 Å². The normalized spacial score (nSPS) is 20.0. The molecule has 0 saturated carbocycles. The molecule has 0 bridgehead atoms. The van der Waals surface area contributed by atoms with Gasteiger partial charge in [-0.3, -0.25) is 4.79 Å². The zero-order chi connectivity index (χ0) is 20.5. The molecule has 2 aliphatic heterocycles. The van der Waals surface area contributed by atoms with E-state index in [0.717, 1.165) is 68.6 Å². The molecule has 0 spiro atoms. The predicted molar refractivity (Wildman–Crippen MR) is 122 cm³/mol. The Morgan fingerprint density at radius 1 is 1.07 bits per heavy atom. The molecule has 7 heteroatoms. The van der Waals surface area contributed by atoms with Gasteiger partial charge in [0.25, 0.3) is 0 Å². The highest BCUT2D eigenvalue weighted by Gasteiger charge is 2.32. The van der Waals surface area contributed by atoms with Crippen LogP contribution in [0.1, 0.15) is 18.4 Å². The summed E-state index contributed by atoms with van der Waals surface area (Å²) in [6, 6.07) is 12.4. The number of aromatic nitrogens is 2. The van der Waals surface area contributed by atoms with E-state index in [2.05, 4.69) is 44.8 Å². The van der Waals surface area contributed by atoms with Crippen molar-refractivity contribution >= 4 is 38.4 Å². The molecule has 2 aliphatic rings. The minimum absolute atomic E-state index is 0.0638. The summed E-state index contributed by atoms with van der Waals surface area (Å²) in [6.45, 7) is 7.10. The van der Waals surface area contributed by atoms with Crippen LogP contribution in [0.25, 0.3) is 10.2 Å². The Balaban J connectivity index is 1.23. The van der Waals surface area contributed by atoms with Crippen LogP contribution in [-0.4, -0.2) is 60.0 Å². The lowest BCUT2D eigenvalue weighted by molar-refractivity contribution is -0.136. The largest absolute Gasteiger partial charge is 0.353 e. The summed E-state index contributed by atoms with van der Waals surface area (Å²) in [5.74, 6) is 1.37. The minimum atomic E-state index is 0.0638. The second-order valence-electron chi connectivity index (χ2n) is 8.25. The number of pyridine rings is 1. The fraction of sp³-hybridized carbons (Fsp3) is 0.435. The predicted octanol–water partition coefficient (Wildman–Crippen LogP) is 3.56. The van der Waals surface area contributed by atoms with Crippen LogP contribution in [0.15, 0.2) is 42.6 Å². The van der Waals surface area contributed by atoms with E-state index in [-0.39, 0.29) is 5.92 Å². The molecule has 4 heterocycles. The molecule has 2 fully saturated rings. The molecule has 1 amide bonds. The topological polar surface area (TPSA) is 52.6 Å². The Hall–Kier alpha value is -2.67. The number of benzene rings is 1. The van der Waals surface area contributed by atoms with Crippen LogP contribution in [0.3, 0.4) is 0 Å². The molecular formula is C23H27N5OS. The molecule has 1 atom stereocenters. The second-order valence-corrected chi connectivity index (χ2v) is 9.26. The molecule has 2 saturated heterocycles. The Kier molecular flexibility index (Phi) is 5.29. The maximum Gasteiger partial charge on any atom is 0.227 e. The van der Waals surface area contributed by atoms with Gasteiger partial charge < -0.3 is 14.7 Å². The first-order valence-corrected chi connectivity index (χ1v) is 11.6. The number of nitrogens with zero attached hydrogens (tertiary/aromatic N) is 5. The standard InChI is InChI=1S/C23H27N5OS/c1-17-7-8-19-20(15-17)30-23(25-19)28-10-4-5-18(16-28)22(29)27-13-11-26(12-14-27)21-6-2-3-9-24-21/h2-3,6-9,15,18H,4-5,10-14,16H2,1H3. The SMILES string of the molecule is Cc1ccc2nc(N3CCCC(C(=O)N4CCN(c5ccccn5)CC4)C3)sc2c1. The third-order valence-corrected chi connectivity index (χ3v) is 7.22. The van der Waals surface area contributed by atoms with Crippen molar-refractivity contribution in [3.63, 3.8) is 0 Å². The van der Waals surface area contributed by atoms with Gasteiger partial charge >= 0.3 is 0 Å². The Morgan fingerprint density at radius 3 is 2.73 bits per heavy atom. The monoisotopic (exact) mass is 421 g/mol. The van der Waals surface area contributed by atoms with Gasteiger partial charge in [0.2, 0.25) is 5.91 Å². The van der Waals surface area contributed by atoms with Gasteiger partial charge in [0.05, 0.1) is 16.1 Å². The molecule has 1 aromatic carbocycles. The van der Waals surface area contributed by atoms with Gasteiger partial charge in [0.15, 0.2) is 5.13 Å². The number of rotatable bonds is 3. The van der Waals surface area contributed by atoms with Gasteiger partial charge in [0.1, 0.15) is 5.82 Å². The van der Waals surface area contributed by atoms with E-state index in [9.17, 15) is 4.79 Å². The third kappa shape index (κ3) is 3.86. The van der Waals surface area contributed by atoms with Crippen molar-refractivity contribution in [1.29, 1.82) is 0 Å². The molecule has 1 unspecified atom stereocenters. The van der Waals surface area contributed by atoms with Crippen LogP contribution in [0.4, 0.5) is 10.9 Å². The summed E-state index contributed by atoms with van der Waals surface area (Å²) >= 11 is 1.74. The Bertz CT molecular complexity index is 1030. The summed E-state index contributed by atoms with van der Waals surface area (Å²) < 4.78 is 1.23. The van der Waals surface area contributed by atoms with Crippen molar-refractivity contribution in [3.05, 3.63) is 48.2 Å². The van der Waals surface area contributed by atoms with Crippen molar-refractivity contribution < 1.29 is 4.79 Å². The van der Waals surface area contributed by atoms with Crippen molar-refractivity contribution in [2.75, 3.05) is 49.1 Å². The quantitative estimate of drug-likeness (QED) is 0.647. The number of piperidine rings is 1. The average Bonchev–Trinajstić information content (AvgIpc) is 3.23. The number of piperazine rings is 1. The second kappa shape index (κ2) is 8.22. The fourth-order valence-electron chi connectivity index (χ4n) is 4.46. The first kappa shape index (κ1) is 19.3. The summed E-state index contributed by atoms with van der Waals surface area (Å²) in [7, 11) is 0. The number of thiazole rings is 1. The van der Waals surface area contributed by atoms with Gasteiger partial charge in [-0.2, -0.15) is 0 Å². The molecule has 0 aliphatic carbocycles. The number of carbonyl (C=O) groups excluding carboxylic acids is 1. The fourth-order valence-corrected chi connectivity index (χ4v) is 5.56. The number of aryl methyl sites for hydroxylation is 1. The highest BCUT2D eigenvalue weighted by atomic mass is 32.1. The van der Waals surface area contributed by atoms with Crippen LogP contribution in [0, 0.1) is 12.8 Å². The highest BCUT2D eigenvalue weighted by Crippen LogP contribution is 2.32. The molecule has 3 aromatic rings. The van der Waals surface area contributed by atoms with Crippen molar-refractivity contribution in [2.24, 2.45) is 5.92 Å². The van der Waals surface area contributed by atoms with Gasteiger partial charge in [-0.25, -0.2) is 9.97 Å². The molecule has 0 N–H and O–H groups in total. The van der Waals surface area contributed by atoms with E-state index in [0.29, 0.717) is 5.91 Å². The number of hydrogen-bond acceptors (Lipinski definition) is 6. The number of hydrogen-bond donors (Lipinski definition) is 0. The van der Waals surface area contributed by atoms with Crippen LogP contribution in [0.5, 0.6) is 0 Å². The zero-order valence-corrected chi connectivity index (χ0v) is 18.1. The highest BCUT2D eigenvalue weighted by molar-refractivity contribution is 7.22. The lowest BCUT2D eigenvalue weighted by atomic mass is 9.96. The van der Waals surface area contributed by atoms with Crippen molar-refractivity contribution in [1.82, 2.24) is 14.9 Å². The molecule has 5 rings (SSSR count). The number of carbonyl (C=O) groups is 1. The molecule has 30 heavy (non-hydrogen) atoms. The smallest absolute Gasteiger partial charge is 0.227 e. The van der Waals surface area contributed by atoms with Crippen LogP contribution >= 0.6 is 11.3 Å². The summed E-state index contributed by atoms with van der Waals surface area (Å²) in [6.07, 6.45) is 3.84. The van der Waals surface area contributed by atoms with E-state index >= 15 is 0 Å². The minimum Gasteiger partial charge on any atom is -0.353 e. The zero-order valence-electron chi connectivity index (χ0n) is 17.3. The molecular weight excluding hydrogens is 394 g/mol. The van der Waals surface area contributed by atoms with Crippen molar-refractivity contribution in [2.45, 2.75) is 19.8 Å². The van der Waals surface area contributed by atoms with Gasteiger partial charge in [-0.1, -0.05) is 23.5 Å². The van der Waals surface area contributed by atoms with Crippen molar-refractivity contribution in [3.8, 4) is 0 Å². The third-order valence-electron chi connectivity index (χ3n) is 6.14. The average molecular weight is 422 g/mol. The van der Waals surface area contributed by atoms with Gasteiger partial charge in [0, 0.05) is 45.5 Å². The van der Waals surface area contributed by atoms with E-state index in [1.807, 2.05) is 24.4 Å². The number of fused-ring (bicyclic) bond motifs is 1. The molecule has 156 valence electrons. The number of anilines is 2. The molecule has 2 aromatic heterocycles. The maximum absolute atomic E-state index is 13.2. The van der Waals surface area contributed by atoms with Crippen LogP contribution in [0.2, 0.25) is 0 Å². The molecule has 6 nitrogen and oxygen atoms in total. The molecule has 0 radical (unpaired) electrons. The summed E-state index contributed by atoms with van der Waals surface area (Å²) in [4.78, 5) is 29.1. The lowest BCUT2D eigenvalue weighted by Crippen LogP contribution is -2.52. The first-order valence-electron chi connectivity index (χ1n) is 10.7. The first-order chi connectivity index (χ1) is 14.7. The van der Waals surface area contributed by atoms with E-state index in [1.165, 1.54) is 10.3 Å². The summed E-state index contributed by atoms with van der Waals surface area (Å²) in [5, 5.41) is 1.05. The number of amides is 1. The lowest BCUT2D eigenvalue weighted by Gasteiger charge is -2.39. The maximum atomic E-state index is 13.2. The van der Waals surface area contributed by atoms with E-state index in [4.69, 9.17) is 4.98 Å². The van der Waals surface area contributed by atoms with Crippen LogP contribution < -0.4 is 9.80 Å². The Morgan fingerprint density at radius 2 is 1.93 bits per heavy atom. The van der Waals surface area contributed by atoms with Crippen LogP contribution in [-0.2, 0) is 4.79 Å². The van der Waals surface area contributed by atoms with Gasteiger partial charge in [-0.15, -0.1) is 0 Å². The Labute approximate surface area is 181 Å². The van der Waals surface area contributed by atoms with Gasteiger partial charge in [-0.05, 0) is 49.6 Å². The van der Waals surface area contributed by atoms with E-state index < -0.39 is 0 Å².